The average molecular weight is 947 g/mol. The molecule has 0 bridgehead atoms. The van der Waals surface area contributed by atoms with Gasteiger partial charge in [-0.05, 0) is 155 Å². The quantitative estimate of drug-likeness (QED) is 0.121. The van der Waals surface area contributed by atoms with Gasteiger partial charge in [-0.15, -0.1) is 0 Å². The molecule has 4 nitrogen and oxygen atoms in total. The molecule has 0 aliphatic heterocycles. The number of nitrogens with zero attached hydrogens (tertiary/aromatic N) is 4. The van der Waals surface area contributed by atoms with E-state index in [1.165, 1.54) is 22.3 Å². The van der Waals surface area contributed by atoms with Crippen LogP contribution in [0.1, 0.15) is 0 Å². The minimum Gasteiger partial charge on any atom is -0.311 e. The van der Waals surface area contributed by atoms with Crippen LogP contribution in [0.3, 0.4) is 0 Å². The lowest BCUT2D eigenvalue weighted by atomic mass is 10.1. The highest BCUT2D eigenvalue weighted by atomic mass is 15.1. The van der Waals surface area contributed by atoms with Gasteiger partial charge < -0.3 is 18.9 Å². The van der Waals surface area contributed by atoms with Crippen LogP contribution in [-0.4, -0.2) is 9.13 Å². The van der Waals surface area contributed by atoms with E-state index in [1.807, 2.05) is 0 Å². The van der Waals surface area contributed by atoms with Gasteiger partial charge in [0, 0.05) is 56.3 Å². The largest absolute Gasteiger partial charge is 0.311 e. The van der Waals surface area contributed by atoms with Crippen molar-refractivity contribution in [1.29, 1.82) is 0 Å². The van der Waals surface area contributed by atoms with Crippen LogP contribution in [0.4, 0.5) is 34.1 Å². The summed E-state index contributed by atoms with van der Waals surface area (Å²) in [6.07, 6.45) is 0. The van der Waals surface area contributed by atoms with E-state index in [0.717, 1.165) is 89.8 Å². The molecule has 0 saturated heterocycles. The molecule has 4 heteroatoms. The first-order valence-electron chi connectivity index (χ1n) is 25.2. The highest BCUT2D eigenvalue weighted by Crippen LogP contribution is 2.42. The Morgan fingerprint density at radius 1 is 0.203 bits per heavy atom. The average Bonchev–Trinajstić information content (AvgIpc) is 4.06. The molecule has 0 aliphatic carbocycles. The van der Waals surface area contributed by atoms with Gasteiger partial charge in [-0.2, -0.15) is 0 Å². The second-order valence-electron chi connectivity index (χ2n) is 18.6. The van der Waals surface area contributed by atoms with Crippen molar-refractivity contribution in [2.45, 2.75) is 0 Å². The number of rotatable bonds is 12. The molecule has 0 amide bonds. The summed E-state index contributed by atoms with van der Waals surface area (Å²) in [4.78, 5) is 4.63. The molecule has 11 aromatic carbocycles. The molecule has 2 heterocycles. The monoisotopic (exact) mass is 946 g/mol. The second-order valence-corrected chi connectivity index (χ2v) is 18.6. The standard InChI is InChI=1S/C70H50N4/c1-7-19-51(20-8-1)53-31-39-65(40-32-53)73-67(55-35-43-63(44-36-55)71(59-23-11-3-12-24-59)60-25-13-4-14-26-60)47-57-50-70-58(49-69(57)73)48-68(74(70)66-41-33-54(34-42-66)52-21-9-2-10-22-52)56-37-45-64(46-38-56)72(61-27-15-5-16-28-61)62-29-17-6-18-30-62/h1-50H. The van der Waals surface area contributed by atoms with Crippen LogP contribution in [-0.2, 0) is 0 Å². The Kier molecular flexibility index (Phi) is 11.5. The van der Waals surface area contributed by atoms with Gasteiger partial charge in [-0.25, -0.2) is 0 Å². The molecule has 0 unspecified atom stereocenters. The van der Waals surface area contributed by atoms with Crippen molar-refractivity contribution in [2.75, 3.05) is 9.80 Å². The van der Waals surface area contributed by atoms with Crippen LogP contribution in [0.5, 0.6) is 0 Å². The van der Waals surface area contributed by atoms with Gasteiger partial charge in [-0.1, -0.05) is 182 Å². The highest BCUT2D eigenvalue weighted by Gasteiger charge is 2.21. The van der Waals surface area contributed by atoms with Gasteiger partial charge in [0.25, 0.3) is 0 Å². The second kappa shape index (κ2) is 19.4. The molecule has 74 heavy (non-hydrogen) atoms. The minimum absolute atomic E-state index is 1.09. The molecule has 0 radical (unpaired) electrons. The van der Waals surface area contributed by atoms with E-state index in [2.05, 4.69) is 322 Å². The topological polar surface area (TPSA) is 16.3 Å². The lowest BCUT2D eigenvalue weighted by Crippen LogP contribution is -2.09. The summed E-state index contributed by atoms with van der Waals surface area (Å²) in [6.45, 7) is 0. The van der Waals surface area contributed by atoms with Crippen molar-refractivity contribution >= 4 is 55.9 Å². The van der Waals surface area contributed by atoms with E-state index in [-0.39, 0.29) is 0 Å². The van der Waals surface area contributed by atoms with E-state index in [4.69, 9.17) is 0 Å². The maximum absolute atomic E-state index is 2.44. The van der Waals surface area contributed by atoms with E-state index in [0.29, 0.717) is 0 Å². The summed E-state index contributed by atoms with van der Waals surface area (Å²) in [7, 11) is 0. The molecular weight excluding hydrogens is 897 g/mol. The Morgan fingerprint density at radius 2 is 0.446 bits per heavy atom. The normalized spacial score (nSPS) is 11.2. The van der Waals surface area contributed by atoms with Crippen molar-refractivity contribution in [3.05, 3.63) is 303 Å². The van der Waals surface area contributed by atoms with Crippen LogP contribution >= 0.6 is 0 Å². The fourth-order valence-corrected chi connectivity index (χ4v) is 10.5. The van der Waals surface area contributed by atoms with Crippen LogP contribution in [0.25, 0.3) is 77.9 Å². The number of hydrogen-bond acceptors (Lipinski definition) is 2. The van der Waals surface area contributed by atoms with E-state index < -0.39 is 0 Å². The van der Waals surface area contributed by atoms with Crippen LogP contribution in [0.15, 0.2) is 303 Å². The van der Waals surface area contributed by atoms with Crippen molar-refractivity contribution < 1.29 is 0 Å². The van der Waals surface area contributed by atoms with Crippen LogP contribution < -0.4 is 9.80 Å². The third kappa shape index (κ3) is 8.40. The third-order valence-electron chi connectivity index (χ3n) is 14.1. The van der Waals surface area contributed by atoms with Gasteiger partial charge in [0.1, 0.15) is 0 Å². The third-order valence-corrected chi connectivity index (χ3v) is 14.1. The lowest BCUT2D eigenvalue weighted by molar-refractivity contribution is 1.13. The SMILES string of the molecule is c1ccc(-c2ccc(-n3c(-c4ccc(N(c5ccccc5)c5ccccc5)cc4)cc4cc5c(cc(-c6ccc(N(c7ccccc7)c7ccccc7)cc6)n5-c5ccc(-c6ccccc6)cc5)cc43)cc2)cc1. The van der Waals surface area contributed by atoms with Gasteiger partial charge in [0.15, 0.2) is 0 Å². The molecular formula is C70H50N4. The summed E-state index contributed by atoms with van der Waals surface area (Å²) in [5.74, 6) is 0. The molecule has 0 fully saturated rings. The summed E-state index contributed by atoms with van der Waals surface area (Å²) in [5, 5.41) is 2.31. The number of hydrogen-bond donors (Lipinski definition) is 0. The fourth-order valence-electron chi connectivity index (χ4n) is 10.5. The number of benzene rings is 11. The minimum atomic E-state index is 1.09. The molecule has 13 rings (SSSR count). The van der Waals surface area contributed by atoms with Crippen molar-refractivity contribution in [3.8, 4) is 56.1 Å². The number of fused-ring (bicyclic) bond motifs is 2. The van der Waals surface area contributed by atoms with Gasteiger partial charge in [-0.3, -0.25) is 0 Å². The summed E-state index contributed by atoms with van der Waals surface area (Å²) >= 11 is 0. The van der Waals surface area contributed by atoms with Gasteiger partial charge in [0.2, 0.25) is 0 Å². The van der Waals surface area contributed by atoms with E-state index in [1.54, 1.807) is 0 Å². The maximum atomic E-state index is 2.44. The summed E-state index contributed by atoms with van der Waals surface area (Å²) < 4.78 is 4.87. The number of anilines is 6. The maximum Gasteiger partial charge on any atom is 0.0542 e. The molecule has 2 aromatic heterocycles. The van der Waals surface area contributed by atoms with E-state index in [9.17, 15) is 0 Å². The fraction of sp³-hybridized carbons (Fsp3) is 0. The Labute approximate surface area is 432 Å². The first-order valence-corrected chi connectivity index (χ1v) is 25.2. The smallest absolute Gasteiger partial charge is 0.0542 e. The predicted octanol–water partition coefficient (Wildman–Crippen LogP) is 19.2. The molecule has 0 spiro atoms. The number of aromatic nitrogens is 2. The lowest BCUT2D eigenvalue weighted by Gasteiger charge is -2.25. The predicted molar refractivity (Wildman–Crippen MR) is 311 cm³/mol. The van der Waals surface area contributed by atoms with Crippen LogP contribution in [0.2, 0.25) is 0 Å². The Balaban J connectivity index is 0.974. The highest BCUT2D eigenvalue weighted by molar-refractivity contribution is 6.02. The van der Waals surface area contributed by atoms with Crippen molar-refractivity contribution in [3.63, 3.8) is 0 Å². The molecule has 350 valence electrons. The molecule has 13 aromatic rings. The zero-order chi connectivity index (χ0) is 49.2. The van der Waals surface area contributed by atoms with Crippen molar-refractivity contribution in [2.24, 2.45) is 0 Å². The first-order chi connectivity index (χ1) is 36.7. The number of para-hydroxylation sites is 4. The Morgan fingerprint density at radius 3 is 0.743 bits per heavy atom. The van der Waals surface area contributed by atoms with E-state index >= 15 is 0 Å². The Bertz CT molecular complexity index is 3640. The zero-order valence-corrected chi connectivity index (χ0v) is 40.7. The molecule has 0 aliphatic rings. The molecule has 0 atom stereocenters. The summed E-state index contributed by atoms with van der Waals surface area (Å²) in [5.41, 5.74) is 20.3. The molecule has 0 N–H and O–H groups in total. The summed E-state index contributed by atoms with van der Waals surface area (Å²) in [6, 6.07) is 109. The first kappa shape index (κ1) is 44.1. The van der Waals surface area contributed by atoms with Gasteiger partial charge in [0.05, 0.1) is 22.4 Å². The van der Waals surface area contributed by atoms with Crippen molar-refractivity contribution in [1.82, 2.24) is 9.13 Å². The Hall–Kier alpha value is -9.90. The molecule has 0 saturated carbocycles. The van der Waals surface area contributed by atoms with Crippen LogP contribution in [0, 0.1) is 0 Å². The van der Waals surface area contributed by atoms with Gasteiger partial charge >= 0.3 is 0 Å². The zero-order valence-electron chi connectivity index (χ0n) is 40.7.